The summed E-state index contributed by atoms with van der Waals surface area (Å²) in [4.78, 5) is 17.9. The van der Waals surface area contributed by atoms with Crippen molar-refractivity contribution in [2.24, 2.45) is 0 Å². The lowest BCUT2D eigenvalue weighted by atomic mass is 10.2. The molecule has 20 heavy (non-hydrogen) atoms. The van der Waals surface area contributed by atoms with Crippen molar-refractivity contribution in [1.29, 1.82) is 0 Å². The zero-order chi connectivity index (χ0) is 15.6. The lowest BCUT2D eigenvalue weighted by molar-refractivity contribution is -0.151. The van der Waals surface area contributed by atoms with E-state index >= 15 is 0 Å². The maximum atomic E-state index is 12.5. The molecule has 0 radical (unpaired) electrons. The largest absolute Gasteiger partial charge is 0.459 e. The van der Waals surface area contributed by atoms with E-state index in [-0.39, 0.29) is 15.9 Å². The first-order valence-corrected chi connectivity index (χ1v) is 6.80. The van der Waals surface area contributed by atoms with Crippen molar-refractivity contribution in [3.8, 4) is 0 Å². The highest BCUT2D eigenvalue weighted by Gasteiger charge is 2.35. The summed E-state index contributed by atoms with van der Waals surface area (Å²) < 4.78 is 42.5. The molecular formula is C11H12ClF3N2O2S. The summed E-state index contributed by atoms with van der Waals surface area (Å²) in [5.41, 5.74) is -0.655. The van der Waals surface area contributed by atoms with Gasteiger partial charge in [0.25, 0.3) is 0 Å². The Morgan fingerprint density at radius 2 is 1.95 bits per heavy atom. The number of nitrogens with zero attached hydrogens (tertiary/aromatic N) is 2. The van der Waals surface area contributed by atoms with Gasteiger partial charge in [0, 0.05) is 6.07 Å². The maximum Gasteiger partial charge on any atom is 0.451 e. The second-order valence-electron chi connectivity index (χ2n) is 4.73. The predicted octanol–water partition coefficient (Wildman–Crippen LogP) is 3.58. The van der Waals surface area contributed by atoms with Crippen molar-refractivity contribution in [2.75, 3.05) is 5.75 Å². The molecule has 0 amide bonds. The van der Waals surface area contributed by atoms with Crippen LogP contribution >= 0.6 is 23.4 Å². The molecule has 0 atom stereocenters. The number of thioether (sulfide) groups is 1. The normalized spacial score (nSPS) is 12.3. The molecule has 0 bridgehead atoms. The Labute approximate surface area is 123 Å². The topological polar surface area (TPSA) is 52.1 Å². The van der Waals surface area contributed by atoms with Crippen LogP contribution < -0.4 is 0 Å². The van der Waals surface area contributed by atoms with Crippen LogP contribution in [-0.2, 0) is 15.7 Å². The van der Waals surface area contributed by atoms with E-state index < -0.39 is 23.6 Å². The van der Waals surface area contributed by atoms with Gasteiger partial charge in [-0.3, -0.25) is 4.79 Å². The van der Waals surface area contributed by atoms with Crippen molar-refractivity contribution in [1.82, 2.24) is 9.97 Å². The summed E-state index contributed by atoms with van der Waals surface area (Å²) in [6, 6.07) is 1.16. The number of ether oxygens (including phenoxy) is 1. The quantitative estimate of drug-likeness (QED) is 0.482. The SMILES string of the molecule is CC(C)(C)OC(=O)CSc1cc(Cl)nc(C(F)(F)F)n1. The van der Waals surface area contributed by atoms with E-state index in [9.17, 15) is 18.0 Å². The van der Waals surface area contributed by atoms with E-state index in [1.807, 2.05) is 0 Å². The van der Waals surface area contributed by atoms with Crippen molar-refractivity contribution in [2.45, 2.75) is 37.6 Å². The van der Waals surface area contributed by atoms with E-state index in [0.717, 1.165) is 17.8 Å². The van der Waals surface area contributed by atoms with E-state index in [1.54, 1.807) is 20.8 Å². The van der Waals surface area contributed by atoms with E-state index in [1.165, 1.54) is 0 Å². The highest BCUT2D eigenvalue weighted by atomic mass is 35.5. The highest BCUT2D eigenvalue weighted by Crippen LogP contribution is 2.29. The van der Waals surface area contributed by atoms with Crippen molar-refractivity contribution >= 4 is 29.3 Å². The van der Waals surface area contributed by atoms with Crippen LogP contribution in [0.1, 0.15) is 26.6 Å². The van der Waals surface area contributed by atoms with Gasteiger partial charge in [-0.15, -0.1) is 0 Å². The Kier molecular flexibility index (Phi) is 5.26. The summed E-state index contributed by atoms with van der Waals surface area (Å²) in [7, 11) is 0. The van der Waals surface area contributed by atoms with Crippen molar-refractivity contribution in [3.63, 3.8) is 0 Å². The smallest absolute Gasteiger partial charge is 0.451 e. The molecule has 0 unspecified atom stereocenters. The lowest BCUT2D eigenvalue weighted by Gasteiger charge is -2.19. The molecule has 0 fully saturated rings. The van der Waals surface area contributed by atoms with Crippen LogP contribution in [0.4, 0.5) is 13.2 Å². The van der Waals surface area contributed by atoms with Gasteiger partial charge in [-0.2, -0.15) is 13.2 Å². The van der Waals surface area contributed by atoms with Crippen LogP contribution in [0.25, 0.3) is 0 Å². The number of aromatic nitrogens is 2. The van der Waals surface area contributed by atoms with Gasteiger partial charge in [-0.05, 0) is 20.8 Å². The molecule has 4 nitrogen and oxygen atoms in total. The lowest BCUT2D eigenvalue weighted by Crippen LogP contribution is -2.25. The number of esters is 1. The van der Waals surface area contributed by atoms with Gasteiger partial charge in [0.15, 0.2) is 0 Å². The minimum Gasteiger partial charge on any atom is -0.459 e. The molecule has 0 spiro atoms. The standard InChI is InChI=1S/C11H12ClF3N2O2S/c1-10(2,3)19-8(18)5-20-7-4-6(12)16-9(17-7)11(13,14)15/h4H,5H2,1-3H3. The van der Waals surface area contributed by atoms with Crippen LogP contribution in [-0.4, -0.2) is 27.3 Å². The van der Waals surface area contributed by atoms with Gasteiger partial charge in [-0.25, -0.2) is 9.97 Å². The Morgan fingerprint density at radius 1 is 1.35 bits per heavy atom. The fourth-order valence-electron chi connectivity index (χ4n) is 1.10. The minimum atomic E-state index is -4.69. The molecule has 1 rings (SSSR count). The predicted molar refractivity (Wildman–Crippen MR) is 68.6 cm³/mol. The second-order valence-corrected chi connectivity index (χ2v) is 6.11. The summed E-state index contributed by atoms with van der Waals surface area (Å²) in [5.74, 6) is -2.05. The number of rotatable bonds is 3. The molecular weight excluding hydrogens is 317 g/mol. The molecule has 1 aromatic heterocycles. The number of hydrogen-bond donors (Lipinski definition) is 0. The number of alkyl halides is 3. The Balaban J connectivity index is 2.74. The highest BCUT2D eigenvalue weighted by molar-refractivity contribution is 7.99. The monoisotopic (exact) mass is 328 g/mol. The fourth-order valence-corrected chi connectivity index (χ4v) is 2.02. The third-order valence-corrected chi connectivity index (χ3v) is 2.76. The number of halogens is 4. The molecule has 9 heteroatoms. The Morgan fingerprint density at radius 3 is 2.45 bits per heavy atom. The zero-order valence-electron chi connectivity index (χ0n) is 10.9. The van der Waals surface area contributed by atoms with Crippen LogP contribution in [0.3, 0.4) is 0 Å². The first-order chi connectivity index (χ1) is 8.97. The Hall–Kier alpha value is -1.02. The maximum absolute atomic E-state index is 12.5. The van der Waals surface area contributed by atoms with Gasteiger partial charge >= 0.3 is 12.1 Å². The first-order valence-electron chi connectivity index (χ1n) is 5.44. The second kappa shape index (κ2) is 6.17. The van der Waals surface area contributed by atoms with Gasteiger partial charge in [0.2, 0.25) is 5.82 Å². The molecule has 1 heterocycles. The Bertz CT molecular complexity index is 503. The van der Waals surface area contributed by atoms with E-state index in [4.69, 9.17) is 16.3 Å². The molecule has 0 aliphatic rings. The molecule has 0 saturated heterocycles. The number of carbonyl (C=O) groups excluding carboxylic acids is 1. The minimum absolute atomic E-state index is 0.0387. The van der Waals surface area contributed by atoms with Crippen LogP contribution in [0.15, 0.2) is 11.1 Å². The summed E-state index contributed by atoms with van der Waals surface area (Å²) in [5, 5.41) is -0.373. The fraction of sp³-hybridized carbons (Fsp3) is 0.545. The third kappa shape index (κ3) is 5.96. The average molecular weight is 329 g/mol. The van der Waals surface area contributed by atoms with Crippen LogP contribution in [0.2, 0.25) is 5.15 Å². The van der Waals surface area contributed by atoms with Gasteiger partial charge in [-0.1, -0.05) is 23.4 Å². The van der Waals surface area contributed by atoms with Crippen LogP contribution in [0.5, 0.6) is 0 Å². The average Bonchev–Trinajstić information content (AvgIpc) is 2.22. The number of carbonyl (C=O) groups is 1. The van der Waals surface area contributed by atoms with E-state index in [2.05, 4.69) is 9.97 Å². The van der Waals surface area contributed by atoms with Crippen molar-refractivity contribution in [3.05, 3.63) is 17.0 Å². The summed E-state index contributed by atoms with van der Waals surface area (Å²) in [6.45, 7) is 5.08. The molecule has 0 aromatic carbocycles. The molecule has 0 N–H and O–H groups in total. The van der Waals surface area contributed by atoms with E-state index in [0.29, 0.717) is 0 Å². The molecule has 0 aliphatic carbocycles. The summed E-state index contributed by atoms with van der Waals surface area (Å²) >= 11 is 6.30. The summed E-state index contributed by atoms with van der Waals surface area (Å²) in [6.07, 6.45) is -4.69. The van der Waals surface area contributed by atoms with Gasteiger partial charge in [0.1, 0.15) is 15.8 Å². The molecule has 1 aromatic rings. The molecule has 0 saturated carbocycles. The molecule has 112 valence electrons. The zero-order valence-corrected chi connectivity index (χ0v) is 12.5. The van der Waals surface area contributed by atoms with Crippen LogP contribution in [0, 0.1) is 0 Å². The van der Waals surface area contributed by atoms with Crippen molar-refractivity contribution < 1.29 is 22.7 Å². The first kappa shape index (κ1) is 17.0. The van der Waals surface area contributed by atoms with Gasteiger partial charge in [0.05, 0.1) is 5.75 Å². The third-order valence-electron chi connectivity index (χ3n) is 1.68. The molecule has 0 aliphatic heterocycles. The number of hydrogen-bond acceptors (Lipinski definition) is 5. The van der Waals surface area contributed by atoms with Gasteiger partial charge < -0.3 is 4.74 Å².